The molecule has 2 N–H and O–H groups in total. The highest BCUT2D eigenvalue weighted by Gasteiger charge is 2.11. The quantitative estimate of drug-likeness (QED) is 0.828. The number of aromatic nitrogens is 1. The van der Waals surface area contributed by atoms with Crippen molar-refractivity contribution >= 4 is 17.2 Å². The van der Waals surface area contributed by atoms with Crippen molar-refractivity contribution in [3.05, 3.63) is 39.9 Å². The second kappa shape index (κ2) is 6.73. The number of hydrogen-bond acceptors (Lipinski definition) is 5. The summed E-state index contributed by atoms with van der Waals surface area (Å²) in [6.07, 6.45) is 1.86. The second-order valence-corrected chi connectivity index (χ2v) is 4.53. The first-order valence-corrected chi connectivity index (χ1v) is 6.54. The van der Waals surface area contributed by atoms with Crippen LogP contribution in [0.15, 0.2) is 28.3 Å². The molecule has 0 aliphatic rings. The van der Waals surface area contributed by atoms with E-state index in [1.807, 2.05) is 5.38 Å². The Morgan fingerprint density at radius 3 is 3.16 bits per heavy atom. The van der Waals surface area contributed by atoms with Crippen LogP contribution in [0.1, 0.15) is 27.3 Å². The van der Waals surface area contributed by atoms with Gasteiger partial charge in [-0.15, -0.1) is 11.3 Å². The highest BCUT2D eigenvalue weighted by molar-refractivity contribution is 7.12. The molecule has 0 radical (unpaired) electrons. The zero-order chi connectivity index (χ0) is 13.5. The summed E-state index contributed by atoms with van der Waals surface area (Å²) < 4.78 is 4.68. The lowest BCUT2D eigenvalue weighted by atomic mass is 10.2. The Kier molecular flexibility index (Phi) is 4.72. The van der Waals surface area contributed by atoms with E-state index in [0.29, 0.717) is 29.1 Å². The Bertz CT molecular complexity index is 593. The number of hydrogen-bond donors (Lipinski definition) is 2. The van der Waals surface area contributed by atoms with E-state index < -0.39 is 0 Å². The maximum absolute atomic E-state index is 12.0. The van der Waals surface area contributed by atoms with Crippen molar-refractivity contribution < 1.29 is 14.4 Å². The number of aliphatic hydroxyl groups is 1. The fourth-order valence-corrected chi connectivity index (χ4v) is 2.14. The minimum Gasteiger partial charge on any atom is -0.395 e. The predicted octanol–water partition coefficient (Wildman–Crippen LogP) is 1.40. The standard InChI is InChI=1S/C13H12N2O3S/c16-6-2-1-3-10-5-8-19-12(10)13(17)14-9-11-4-7-18-15-11/h4-5,7-8,16H,2,6,9H2,(H,14,17). The van der Waals surface area contributed by atoms with Gasteiger partial charge in [-0.3, -0.25) is 4.79 Å². The van der Waals surface area contributed by atoms with Crippen LogP contribution in [-0.4, -0.2) is 22.8 Å². The molecule has 0 bridgehead atoms. The number of nitrogens with zero attached hydrogens (tertiary/aromatic N) is 1. The van der Waals surface area contributed by atoms with Crippen molar-refractivity contribution in [1.82, 2.24) is 10.5 Å². The van der Waals surface area contributed by atoms with Crippen LogP contribution in [-0.2, 0) is 6.54 Å². The van der Waals surface area contributed by atoms with Gasteiger partial charge in [0.2, 0.25) is 0 Å². The maximum atomic E-state index is 12.0. The molecular formula is C13H12N2O3S. The average molecular weight is 276 g/mol. The summed E-state index contributed by atoms with van der Waals surface area (Å²) in [5, 5.41) is 16.9. The number of thiophene rings is 1. The van der Waals surface area contributed by atoms with Crippen LogP contribution in [0.5, 0.6) is 0 Å². The lowest BCUT2D eigenvalue weighted by Crippen LogP contribution is -2.22. The number of rotatable bonds is 4. The molecular weight excluding hydrogens is 264 g/mol. The maximum Gasteiger partial charge on any atom is 0.262 e. The molecule has 0 spiro atoms. The van der Waals surface area contributed by atoms with E-state index >= 15 is 0 Å². The molecule has 0 atom stereocenters. The lowest BCUT2D eigenvalue weighted by Gasteiger charge is -2.01. The summed E-state index contributed by atoms with van der Waals surface area (Å²) >= 11 is 1.33. The van der Waals surface area contributed by atoms with Crippen LogP contribution in [0.25, 0.3) is 0 Å². The normalized spacial score (nSPS) is 9.74. The van der Waals surface area contributed by atoms with E-state index in [1.165, 1.54) is 17.6 Å². The summed E-state index contributed by atoms with van der Waals surface area (Å²) in [7, 11) is 0. The number of aliphatic hydroxyl groups excluding tert-OH is 1. The molecule has 2 rings (SSSR count). The van der Waals surface area contributed by atoms with E-state index in [-0.39, 0.29) is 12.5 Å². The fraction of sp³-hybridized carbons (Fsp3) is 0.231. The number of carbonyl (C=O) groups is 1. The first kappa shape index (κ1) is 13.3. The van der Waals surface area contributed by atoms with Gasteiger partial charge in [-0.1, -0.05) is 17.0 Å². The largest absolute Gasteiger partial charge is 0.395 e. The highest BCUT2D eigenvalue weighted by Crippen LogP contribution is 2.15. The molecule has 0 unspecified atom stereocenters. The van der Waals surface area contributed by atoms with Crippen molar-refractivity contribution in [3.8, 4) is 11.8 Å². The first-order valence-electron chi connectivity index (χ1n) is 5.66. The van der Waals surface area contributed by atoms with Gasteiger partial charge in [-0.2, -0.15) is 0 Å². The van der Waals surface area contributed by atoms with E-state index in [4.69, 9.17) is 5.11 Å². The van der Waals surface area contributed by atoms with Gasteiger partial charge >= 0.3 is 0 Å². The Labute approximate surface area is 114 Å². The van der Waals surface area contributed by atoms with E-state index in [1.54, 1.807) is 12.1 Å². The van der Waals surface area contributed by atoms with Crippen molar-refractivity contribution in [3.63, 3.8) is 0 Å². The van der Waals surface area contributed by atoms with Crippen LogP contribution < -0.4 is 5.32 Å². The van der Waals surface area contributed by atoms with Crippen molar-refractivity contribution in [2.45, 2.75) is 13.0 Å². The third-order valence-electron chi connectivity index (χ3n) is 2.25. The number of carbonyl (C=O) groups excluding carboxylic acids is 1. The zero-order valence-corrected chi connectivity index (χ0v) is 10.9. The van der Waals surface area contributed by atoms with Crippen LogP contribution in [0, 0.1) is 11.8 Å². The van der Waals surface area contributed by atoms with Crippen LogP contribution >= 0.6 is 11.3 Å². The molecule has 2 aromatic rings. The van der Waals surface area contributed by atoms with Gasteiger partial charge in [0, 0.05) is 18.1 Å². The Morgan fingerprint density at radius 2 is 2.42 bits per heavy atom. The van der Waals surface area contributed by atoms with Crippen molar-refractivity contribution in [1.29, 1.82) is 0 Å². The van der Waals surface area contributed by atoms with Gasteiger partial charge in [-0.05, 0) is 11.4 Å². The Balaban J connectivity index is 1.99. The Hall–Kier alpha value is -2.10. The topological polar surface area (TPSA) is 75.4 Å². The van der Waals surface area contributed by atoms with E-state index in [0.717, 1.165) is 0 Å². The molecule has 2 aromatic heterocycles. The molecule has 98 valence electrons. The zero-order valence-electron chi connectivity index (χ0n) is 10.0. The van der Waals surface area contributed by atoms with Gasteiger partial charge in [0.25, 0.3) is 5.91 Å². The molecule has 1 amide bonds. The molecule has 0 saturated heterocycles. The summed E-state index contributed by atoms with van der Waals surface area (Å²) in [5.41, 5.74) is 1.34. The van der Waals surface area contributed by atoms with E-state index in [9.17, 15) is 4.79 Å². The summed E-state index contributed by atoms with van der Waals surface area (Å²) in [4.78, 5) is 12.5. The first-order chi connectivity index (χ1) is 9.31. The minimum atomic E-state index is -0.189. The van der Waals surface area contributed by atoms with Crippen LogP contribution in [0.2, 0.25) is 0 Å². The molecule has 0 saturated carbocycles. The van der Waals surface area contributed by atoms with Gasteiger partial charge in [0.1, 0.15) is 16.8 Å². The summed E-state index contributed by atoms with van der Waals surface area (Å²) in [6.45, 7) is 0.335. The molecule has 0 aliphatic carbocycles. The SMILES string of the molecule is O=C(NCc1ccon1)c1sccc1C#CCCO. The molecule has 2 heterocycles. The second-order valence-electron chi connectivity index (χ2n) is 3.61. The predicted molar refractivity (Wildman–Crippen MR) is 70.6 cm³/mol. The fourth-order valence-electron chi connectivity index (χ4n) is 1.38. The summed E-state index contributed by atoms with van der Waals surface area (Å²) in [6, 6.07) is 3.48. The summed E-state index contributed by atoms with van der Waals surface area (Å²) in [5.74, 6) is 5.49. The molecule has 0 fully saturated rings. The highest BCUT2D eigenvalue weighted by atomic mass is 32.1. The molecule has 5 nitrogen and oxygen atoms in total. The third kappa shape index (κ3) is 3.68. The molecule has 6 heteroatoms. The number of nitrogens with one attached hydrogen (secondary N) is 1. The smallest absolute Gasteiger partial charge is 0.262 e. The number of amides is 1. The molecule has 19 heavy (non-hydrogen) atoms. The van der Waals surface area contributed by atoms with E-state index in [2.05, 4.69) is 26.8 Å². The van der Waals surface area contributed by atoms with Gasteiger partial charge in [-0.25, -0.2) is 0 Å². The lowest BCUT2D eigenvalue weighted by molar-refractivity contribution is 0.0954. The average Bonchev–Trinajstić information content (AvgIpc) is 3.07. The van der Waals surface area contributed by atoms with Gasteiger partial charge in [0.15, 0.2) is 0 Å². The van der Waals surface area contributed by atoms with Crippen molar-refractivity contribution in [2.75, 3.05) is 6.61 Å². The van der Waals surface area contributed by atoms with Gasteiger partial charge < -0.3 is 14.9 Å². The van der Waals surface area contributed by atoms with Crippen LogP contribution in [0.3, 0.4) is 0 Å². The van der Waals surface area contributed by atoms with Crippen LogP contribution in [0.4, 0.5) is 0 Å². The molecule has 0 aliphatic heterocycles. The third-order valence-corrected chi connectivity index (χ3v) is 3.17. The minimum absolute atomic E-state index is 0.0187. The Morgan fingerprint density at radius 1 is 1.53 bits per heavy atom. The van der Waals surface area contributed by atoms with Gasteiger partial charge in [0.05, 0.1) is 13.2 Å². The van der Waals surface area contributed by atoms with Crippen molar-refractivity contribution in [2.24, 2.45) is 0 Å². The monoisotopic (exact) mass is 276 g/mol. The molecule has 0 aromatic carbocycles.